The maximum Gasteiger partial charge on any atom is 0.330 e. The average Bonchev–Trinajstić information content (AvgIpc) is 3.17. The van der Waals surface area contributed by atoms with E-state index >= 15 is 0 Å². The number of thiol groups is 1. The number of hydrogen-bond acceptors (Lipinski definition) is 3. The van der Waals surface area contributed by atoms with Crippen LogP contribution in [0.1, 0.15) is 46.1 Å². The van der Waals surface area contributed by atoms with Gasteiger partial charge in [-0.1, -0.05) is 29.7 Å². The molecule has 0 aliphatic heterocycles. The van der Waals surface area contributed by atoms with Gasteiger partial charge in [0.2, 0.25) is 0 Å². The van der Waals surface area contributed by atoms with Crippen LogP contribution in [-0.2, 0) is 10.1 Å². The summed E-state index contributed by atoms with van der Waals surface area (Å²) in [5.74, 6) is 0. The number of hydrogen-bond donors (Lipinski definition) is 1. The minimum atomic E-state index is -0.362. The van der Waals surface area contributed by atoms with Crippen LogP contribution in [0.4, 0.5) is 0 Å². The van der Waals surface area contributed by atoms with Gasteiger partial charge in [0.15, 0.2) is 0 Å². The van der Waals surface area contributed by atoms with E-state index in [1.165, 1.54) is 0 Å². The van der Waals surface area contributed by atoms with Gasteiger partial charge >= 0.3 is 7.48 Å². The fourth-order valence-corrected chi connectivity index (χ4v) is 1.88. The molecule has 1 aromatic rings. The summed E-state index contributed by atoms with van der Waals surface area (Å²) in [7, 11) is 1.77. The summed E-state index contributed by atoms with van der Waals surface area (Å²) < 4.78 is 5.65. The third-order valence-corrected chi connectivity index (χ3v) is 4.93. The summed E-state index contributed by atoms with van der Waals surface area (Å²) in [6, 6.07) is 10.5. The molecule has 0 amide bonds. The standard InChI is InChI=1S/C16H21BNOS/c1-14(2,15(3,4)20)19-17-13-7-5-12(6-8-13)16(11-18)9-10-16/h5-8,20H,9-10H2,1-4H3. The van der Waals surface area contributed by atoms with Crippen molar-refractivity contribution < 1.29 is 4.65 Å². The Morgan fingerprint density at radius 1 is 1.20 bits per heavy atom. The Balaban J connectivity index is 2.01. The minimum absolute atomic E-state index is 0.217. The van der Waals surface area contributed by atoms with Crippen LogP contribution in [0, 0.1) is 11.3 Å². The largest absolute Gasteiger partial charge is 0.428 e. The molecule has 1 aliphatic rings. The van der Waals surface area contributed by atoms with Gasteiger partial charge in [-0.25, -0.2) is 0 Å². The van der Waals surface area contributed by atoms with Gasteiger partial charge in [0.1, 0.15) is 0 Å². The molecule has 1 fully saturated rings. The molecule has 105 valence electrons. The molecule has 0 unspecified atom stereocenters. The molecule has 20 heavy (non-hydrogen) atoms. The molecule has 0 bridgehead atoms. The monoisotopic (exact) mass is 286 g/mol. The van der Waals surface area contributed by atoms with Crippen molar-refractivity contribution in [2.75, 3.05) is 0 Å². The average molecular weight is 286 g/mol. The van der Waals surface area contributed by atoms with Crippen molar-refractivity contribution in [2.24, 2.45) is 0 Å². The second-order valence-electron chi connectivity index (χ2n) is 6.62. The van der Waals surface area contributed by atoms with E-state index in [1.807, 2.05) is 52.0 Å². The second-order valence-corrected chi connectivity index (χ2v) is 7.74. The summed E-state index contributed by atoms with van der Waals surface area (Å²) in [5.41, 5.74) is 1.55. The van der Waals surface area contributed by atoms with Crippen LogP contribution in [-0.4, -0.2) is 17.8 Å². The lowest BCUT2D eigenvalue weighted by molar-refractivity contribution is 0.0854. The number of benzene rings is 1. The Morgan fingerprint density at radius 3 is 2.15 bits per heavy atom. The zero-order chi connectivity index (χ0) is 15.0. The van der Waals surface area contributed by atoms with Gasteiger partial charge in [-0.3, -0.25) is 0 Å². The van der Waals surface area contributed by atoms with Gasteiger partial charge in [0, 0.05) is 4.75 Å². The molecule has 1 aromatic carbocycles. The van der Waals surface area contributed by atoms with Gasteiger partial charge in [-0.05, 0) is 46.1 Å². The Hall–Kier alpha value is -0.915. The molecule has 4 heteroatoms. The number of nitrogens with zero attached hydrogens (tertiary/aromatic N) is 1. The fourth-order valence-electron chi connectivity index (χ4n) is 1.83. The molecule has 0 spiro atoms. The highest BCUT2D eigenvalue weighted by atomic mass is 32.1. The second kappa shape index (κ2) is 5.13. The lowest BCUT2D eigenvalue weighted by Gasteiger charge is -2.38. The molecule has 0 saturated heterocycles. The van der Waals surface area contributed by atoms with Gasteiger partial charge in [-0.2, -0.15) is 17.9 Å². The number of rotatable bonds is 5. The van der Waals surface area contributed by atoms with Crippen molar-refractivity contribution in [1.82, 2.24) is 0 Å². The lowest BCUT2D eigenvalue weighted by Crippen LogP contribution is -2.45. The molecule has 1 saturated carbocycles. The van der Waals surface area contributed by atoms with E-state index in [-0.39, 0.29) is 15.8 Å². The first-order valence-electron chi connectivity index (χ1n) is 6.95. The van der Waals surface area contributed by atoms with Crippen LogP contribution in [0.2, 0.25) is 0 Å². The van der Waals surface area contributed by atoms with Crippen LogP contribution in [0.3, 0.4) is 0 Å². The Bertz CT molecular complexity index is 521. The van der Waals surface area contributed by atoms with Crippen molar-refractivity contribution in [3.8, 4) is 6.07 Å². The Labute approximate surface area is 128 Å². The van der Waals surface area contributed by atoms with Gasteiger partial charge < -0.3 is 4.65 Å². The van der Waals surface area contributed by atoms with Crippen LogP contribution >= 0.6 is 12.6 Å². The van der Waals surface area contributed by atoms with E-state index in [0.29, 0.717) is 0 Å². The van der Waals surface area contributed by atoms with Crippen molar-refractivity contribution in [2.45, 2.75) is 56.3 Å². The summed E-state index contributed by atoms with van der Waals surface area (Å²) in [4.78, 5) is 0. The molecule has 0 N–H and O–H groups in total. The highest BCUT2D eigenvalue weighted by Gasteiger charge is 2.44. The van der Waals surface area contributed by atoms with E-state index < -0.39 is 0 Å². The first kappa shape index (κ1) is 15.5. The number of nitriles is 1. The zero-order valence-corrected chi connectivity index (χ0v) is 13.5. The predicted octanol–water partition coefficient (Wildman–Crippen LogP) is 2.99. The van der Waals surface area contributed by atoms with Crippen molar-refractivity contribution >= 4 is 25.6 Å². The predicted molar refractivity (Wildman–Crippen MR) is 86.6 cm³/mol. The normalized spacial score (nSPS) is 17.4. The first-order chi connectivity index (χ1) is 9.20. The molecule has 2 nitrogen and oxygen atoms in total. The summed E-state index contributed by atoms with van der Waals surface area (Å²) in [5, 5.41) is 9.19. The maximum atomic E-state index is 9.19. The molecule has 1 aliphatic carbocycles. The van der Waals surface area contributed by atoms with Crippen molar-refractivity contribution in [3.63, 3.8) is 0 Å². The topological polar surface area (TPSA) is 33.0 Å². The smallest absolute Gasteiger partial charge is 0.330 e. The van der Waals surface area contributed by atoms with Crippen LogP contribution in [0.5, 0.6) is 0 Å². The van der Waals surface area contributed by atoms with E-state index in [4.69, 9.17) is 4.65 Å². The van der Waals surface area contributed by atoms with Crippen molar-refractivity contribution in [1.29, 1.82) is 5.26 Å². The SMILES string of the molecule is CC(C)(S)C(C)(C)O[B]c1ccc(C2(C#N)CC2)cc1. The lowest BCUT2D eigenvalue weighted by atomic mass is 9.82. The molecule has 1 radical (unpaired) electrons. The molecule has 0 aromatic heterocycles. The Kier molecular flexibility index (Phi) is 3.97. The molecule has 2 rings (SSSR count). The van der Waals surface area contributed by atoms with Crippen LogP contribution in [0.15, 0.2) is 24.3 Å². The third-order valence-electron chi connectivity index (χ3n) is 4.39. The minimum Gasteiger partial charge on any atom is -0.428 e. The van der Waals surface area contributed by atoms with Crippen LogP contribution in [0.25, 0.3) is 0 Å². The van der Waals surface area contributed by atoms with E-state index in [9.17, 15) is 5.26 Å². The first-order valence-corrected chi connectivity index (χ1v) is 7.40. The highest BCUT2D eigenvalue weighted by Crippen LogP contribution is 2.47. The molecule has 0 atom stereocenters. The summed E-state index contributed by atoms with van der Waals surface area (Å²) in [6.45, 7) is 8.13. The Morgan fingerprint density at radius 2 is 1.75 bits per heavy atom. The van der Waals surface area contributed by atoms with Crippen molar-refractivity contribution in [3.05, 3.63) is 29.8 Å². The van der Waals surface area contributed by atoms with E-state index in [1.54, 1.807) is 7.48 Å². The summed E-state index contributed by atoms with van der Waals surface area (Å²) in [6.07, 6.45) is 1.95. The molecular weight excluding hydrogens is 265 g/mol. The van der Waals surface area contributed by atoms with E-state index in [2.05, 4.69) is 18.7 Å². The van der Waals surface area contributed by atoms with E-state index in [0.717, 1.165) is 23.9 Å². The summed E-state index contributed by atoms with van der Waals surface area (Å²) >= 11 is 4.58. The van der Waals surface area contributed by atoms with Gasteiger partial charge in [0.05, 0.1) is 17.1 Å². The van der Waals surface area contributed by atoms with Gasteiger partial charge in [-0.15, -0.1) is 0 Å². The third kappa shape index (κ3) is 3.05. The van der Waals surface area contributed by atoms with Crippen LogP contribution < -0.4 is 5.46 Å². The quantitative estimate of drug-likeness (QED) is 0.667. The maximum absolute atomic E-state index is 9.19. The molecular formula is C16H21BNOS. The fraction of sp³-hybridized carbons (Fsp3) is 0.562. The highest BCUT2D eigenvalue weighted by molar-refractivity contribution is 7.81. The zero-order valence-electron chi connectivity index (χ0n) is 12.6. The molecule has 0 heterocycles. The van der Waals surface area contributed by atoms with Gasteiger partial charge in [0.25, 0.3) is 0 Å².